The molecule has 0 aliphatic carbocycles. The fourth-order valence-corrected chi connectivity index (χ4v) is 1.96. The Morgan fingerprint density at radius 2 is 1.78 bits per heavy atom. The first-order valence-corrected chi connectivity index (χ1v) is 7.44. The van der Waals surface area contributed by atoms with Gasteiger partial charge < -0.3 is 14.9 Å². The predicted octanol–water partition coefficient (Wildman–Crippen LogP) is 3.46. The van der Waals surface area contributed by atoms with Crippen LogP contribution in [-0.4, -0.2) is 24.8 Å². The highest BCUT2D eigenvalue weighted by Crippen LogP contribution is 2.23. The standard InChI is InChI=1S/C18H20N2O3/c1-3-22-17-12-8-7-11-16(17)19-18(21)13-23-20-14(2)15-9-5-4-6-10-15/h4-12H,3,13H2,1-2H3,(H,19,21)/b20-14+. The van der Waals surface area contributed by atoms with Crippen LogP contribution in [0.1, 0.15) is 19.4 Å². The summed E-state index contributed by atoms with van der Waals surface area (Å²) in [6, 6.07) is 16.9. The molecule has 0 aliphatic heterocycles. The second-order valence-corrected chi connectivity index (χ2v) is 4.79. The second-order valence-electron chi connectivity index (χ2n) is 4.79. The first-order valence-electron chi connectivity index (χ1n) is 7.44. The smallest absolute Gasteiger partial charge is 0.265 e. The highest BCUT2D eigenvalue weighted by molar-refractivity contribution is 5.98. The quantitative estimate of drug-likeness (QED) is 0.629. The van der Waals surface area contributed by atoms with Crippen LogP contribution < -0.4 is 10.1 Å². The van der Waals surface area contributed by atoms with Crippen molar-refractivity contribution in [1.82, 2.24) is 0 Å². The minimum Gasteiger partial charge on any atom is -0.492 e. The van der Waals surface area contributed by atoms with Gasteiger partial charge in [0.1, 0.15) is 5.75 Å². The molecule has 0 saturated carbocycles. The molecule has 5 heteroatoms. The van der Waals surface area contributed by atoms with Crippen molar-refractivity contribution in [3.8, 4) is 5.75 Å². The van der Waals surface area contributed by atoms with E-state index in [-0.39, 0.29) is 12.5 Å². The van der Waals surface area contributed by atoms with Crippen LogP contribution in [0, 0.1) is 0 Å². The molecular weight excluding hydrogens is 292 g/mol. The van der Waals surface area contributed by atoms with E-state index >= 15 is 0 Å². The first kappa shape index (κ1) is 16.5. The molecule has 23 heavy (non-hydrogen) atoms. The number of nitrogens with zero attached hydrogens (tertiary/aromatic N) is 1. The van der Waals surface area contributed by atoms with Crippen LogP contribution >= 0.6 is 0 Å². The van der Waals surface area contributed by atoms with Gasteiger partial charge in [-0.3, -0.25) is 4.79 Å². The van der Waals surface area contributed by atoms with Gasteiger partial charge in [0.15, 0.2) is 6.61 Å². The van der Waals surface area contributed by atoms with Gasteiger partial charge in [0.25, 0.3) is 5.91 Å². The zero-order valence-electron chi connectivity index (χ0n) is 13.3. The summed E-state index contributed by atoms with van der Waals surface area (Å²) in [6.07, 6.45) is 0. The summed E-state index contributed by atoms with van der Waals surface area (Å²) in [6.45, 7) is 4.09. The van der Waals surface area contributed by atoms with Gasteiger partial charge in [-0.2, -0.15) is 0 Å². The highest BCUT2D eigenvalue weighted by Gasteiger charge is 2.07. The summed E-state index contributed by atoms with van der Waals surface area (Å²) in [7, 11) is 0. The number of benzene rings is 2. The lowest BCUT2D eigenvalue weighted by Gasteiger charge is -2.10. The van der Waals surface area contributed by atoms with E-state index in [1.54, 1.807) is 12.1 Å². The van der Waals surface area contributed by atoms with Crippen molar-refractivity contribution < 1.29 is 14.4 Å². The molecule has 0 saturated heterocycles. The van der Waals surface area contributed by atoms with Crippen molar-refractivity contribution in [2.24, 2.45) is 5.16 Å². The number of rotatable bonds is 7. The number of oxime groups is 1. The molecule has 0 spiro atoms. The van der Waals surface area contributed by atoms with Crippen molar-refractivity contribution in [1.29, 1.82) is 0 Å². The Kier molecular flexibility index (Phi) is 6.17. The fourth-order valence-electron chi connectivity index (χ4n) is 1.96. The lowest BCUT2D eigenvalue weighted by atomic mass is 10.1. The molecule has 1 amide bonds. The molecule has 5 nitrogen and oxygen atoms in total. The van der Waals surface area contributed by atoms with Gasteiger partial charge in [0, 0.05) is 0 Å². The SMILES string of the molecule is CCOc1ccccc1NC(=O)CO/N=C(\C)c1ccccc1. The Hall–Kier alpha value is -2.82. The van der Waals surface area contributed by atoms with Crippen LogP contribution in [0.2, 0.25) is 0 Å². The van der Waals surface area contributed by atoms with E-state index in [2.05, 4.69) is 10.5 Å². The molecule has 0 fully saturated rings. The number of carbonyl (C=O) groups excluding carboxylic acids is 1. The zero-order chi connectivity index (χ0) is 16.5. The second kappa shape index (κ2) is 8.58. The zero-order valence-corrected chi connectivity index (χ0v) is 13.3. The van der Waals surface area contributed by atoms with Crippen LogP contribution in [0.4, 0.5) is 5.69 Å². The Morgan fingerprint density at radius 3 is 2.52 bits per heavy atom. The van der Waals surface area contributed by atoms with E-state index < -0.39 is 0 Å². The molecule has 0 atom stereocenters. The molecule has 0 aromatic heterocycles. The summed E-state index contributed by atoms with van der Waals surface area (Å²) < 4.78 is 5.46. The minimum absolute atomic E-state index is 0.162. The molecular formula is C18H20N2O3. The third-order valence-electron chi connectivity index (χ3n) is 3.05. The maximum atomic E-state index is 11.9. The van der Waals surface area contributed by atoms with Gasteiger partial charge in [-0.25, -0.2) is 0 Å². The molecule has 0 unspecified atom stereocenters. The number of amides is 1. The van der Waals surface area contributed by atoms with Crippen LogP contribution in [0.3, 0.4) is 0 Å². The molecule has 0 bridgehead atoms. The fraction of sp³-hybridized carbons (Fsp3) is 0.222. The normalized spacial score (nSPS) is 11.0. The van der Waals surface area contributed by atoms with E-state index in [1.165, 1.54) is 0 Å². The molecule has 2 rings (SSSR count). The van der Waals surface area contributed by atoms with E-state index in [0.717, 1.165) is 5.56 Å². The van der Waals surface area contributed by atoms with Crippen molar-refractivity contribution in [2.75, 3.05) is 18.5 Å². The van der Waals surface area contributed by atoms with Gasteiger partial charge in [0.05, 0.1) is 18.0 Å². The van der Waals surface area contributed by atoms with Crippen LogP contribution in [0.25, 0.3) is 0 Å². The van der Waals surface area contributed by atoms with Crippen LogP contribution in [-0.2, 0) is 9.63 Å². The largest absolute Gasteiger partial charge is 0.492 e. The van der Waals surface area contributed by atoms with E-state index in [0.29, 0.717) is 23.8 Å². The number of ether oxygens (including phenoxy) is 1. The third-order valence-corrected chi connectivity index (χ3v) is 3.05. The number of para-hydroxylation sites is 2. The minimum atomic E-state index is -0.290. The summed E-state index contributed by atoms with van der Waals surface area (Å²) in [5.74, 6) is 0.342. The number of hydrogen-bond donors (Lipinski definition) is 1. The molecule has 2 aromatic rings. The molecule has 1 N–H and O–H groups in total. The first-order chi connectivity index (χ1) is 11.2. The monoisotopic (exact) mass is 312 g/mol. The lowest BCUT2D eigenvalue weighted by Crippen LogP contribution is -2.18. The van der Waals surface area contributed by atoms with Crippen molar-refractivity contribution in [3.05, 3.63) is 60.2 Å². The molecule has 0 heterocycles. The van der Waals surface area contributed by atoms with E-state index in [9.17, 15) is 4.79 Å². The van der Waals surface area contributed by atoms with Gasteiger partial charge in [-0.1, -0.05) is 47.6 Å². The maximum absolute atomic E-state index is 11.9. The summed E-state index contributed by atoms with van der Waals surface area (Å²) >= 11 is 0. The molecule has 120 valence electrons. The average molecular weight is 312 g/mol. The summed E-state index contributed by atoms with van der Waals surface area (Å²) in [5.41, 5.74) is 2.29. The number of hydrogen-bond acceptors (Lipinski definition) is 4. The van der Waals surface area contributed by atoms with Gasteiger partial charge in [0.2, 0.25) is 0 Å². The molecule has 2 aromatic carbocycles. The Morgan fingerprint density at radius 1 is 1.09 bits per heavy atom. The Bertz CT molecular complexity index is 669. The third kappa shape index (κ3) is 5.14. The summed E-state index contributed by atoms with van der Waals surface area (Å²) in [4.78, 5) is 17.0. The van der Waals surface area contributed by atoms with Crippen LogP contribution in [0.5, 0.6) is 5.75 Å². The van der Waals surface area contributed by atoms with Crippen molar-refractivity contribution >= 4 is 17.3 Å². The number of anilines is 1. The highest BCUT2D eigenvalue weighted by atomic mass is 16.6. The van der Waals surface area contributed by atoms with E-state index in [4.69, 9.17) is 9.57 Å². The summed E-state index contributed by atoms with van der Waals surface area (Å²) in [5, 5.41) is 6.71. The van der Waals surface area contributed by atoms with Crippen molar-refractivity contribution in [2.45, 2.75) is 13.8 Å². The number of carbonyl (C=O) groups is 1. The average Bonchev–Trinajstić information content (AvgIpc) is 2.57. The van der Waals surface area contributed by atoms with Crippen molar-refractivity contribution in [3.63, 3.8) is 0 Å². The van der Waals surface area contributed by atoms with E-state index in [1.807, 2.05) is 56.3 Å². The molecule has 0 aliphatic rings. The lowest BCUT2D eigenvalue weighted by molar-refractivity contribution is -0.120. The Labute approximate surface area is 135 Å². The van der Waals surface area contributed by atoms with Gasteiger partial charge in [-0.15, -0.1) is 0 Å². The van der Waals surface area contributed by atoms with Gasteiger partial charge in [-0.05, 0) is 31.5 Å². The molecule has 0 radical (unpaired) electrons. The Balaban J connectivity index is 1.88. The number of nitrogens with one attached hydrogen (secondary N) is 1. The topological polar surface area (TPSA) is 59.9 Å². The maximum Gasteiger partial charge on any atom is 0.265 e. The predicted molar refractivity (Wildman–Crippen MR) is 90.8 cm³/mol. The van der Waals surface area contributed by atoms with Gasteiger partial charge >= 0.3 is 0 Å². The van der Waals surface area contributed by atoms with Crippen LogP contribution in [0.15, 0.2) is 59.8 Å².